The zero-order chi connectivity index (χ0) is 46.1. The third kappa shape index (κ3) is 9.11. The van der Waals surface area contributed by atoms with Crippen LogP contribution in [0.25, 0.3) is 11.4 Å². The molecule has 5 aromatic rings. The van der Waals surface area contributed by atoms with Crippen LogP contribution in [0.1, 0.15) is 94.2 Å². The number of aliphatic imine (C=N–C) groups is 1. The number of amides is 1. The summed E-state index contributed by atoms with van der Waals surface area (Å²) in [6, 6.07) is 9.90. The van der Waals surface area contributed by atoms with E-state index in [2.05, 4.69) is 150 Å². The first-order valence-electron chi connectivity index (χ1n) is 19.7. The molecule has 0 atom stereocenters. The van der Waals surface area contributed by atoms with Crippen molar-refractivity contribution >= 4 is 70.9 Å². The van der Waals surface area contributed by atoms with Crippen LogP contribution < -0.4 is 41.0 Å². The molecule has 0 bridgehead atoms. The predicted octanol–water partition coefficient (Wildman–Crippen LogP) is 8.91. The topological polar surface area (TPSA) is 191 Å². The molecule has 5 N–H and O–H groups in total. The molecule has 20 heteroatoms. The van der Waals surface area contributed by atoms with Crippen molar-refractivity contribution in [2.24, 2.45) is 9.29 Å². The van der Waals surface area contributed by atoms with E-state index in [-0.39, 0.29) is 22.7 Å². The summed E-state index contributed by atoms with van der Waals surface area (Å²) in [5, 5.41) is 27.5. The molecule has 1 amide bonds. The number of halogens is 1. The van der Waals surface area contributed by atoms with E-state index in [1.165, 1.54) is 12.5 Å². The van der Waals surface area contributed by atoms with Crippen molar-refractivity contribution in [2.45, 2.75) is 99.7 Å². The monoisotopic (exact) mass is 936 g/mol. The Labute approximate surface area is 384 Å². The molecule has 17 nitrogen and oxygen atoms in total. The standard InChI is InChI=1S/C14H17BrN4O.C14H20N4O2.C14H18N4O.BHNS.4H2/c1-7-9(15)6-10(20-5)11-12(7)19-8(2)17-18-13(19)14(3,4)16-11;1-8-6-7-10(20-5)12-11(8)15-13(14(3,4)16-12)18-17-9(2)19;1-8-6-7-10(19-5)11-12(8)18-9(2)16-17-13(18)14(3,4)15-11;1-2-3;;;;/h6,16H,1-5H3;6-7,16H,1-5H3,(H,15,18)(H,17,19);6-7,15H,1-5H3;3H;4*1H. The fourth-order valence-electron chi connectivity index (χ4n) is 7.40. The molecular formula is C42H64BBrN13O4S. The summed E-state index contributed by atoms with van der Waals surface area (Å²) in [4.78, 5) is 15.7. The molecule has 1 radical (unpaired) electrons. The number of carbonyl (C=O) groups is 1. The number of ether oxygens (including phenoxy) is 3. The smallest absolute Gasteiger partial charge is 0 e. The number of nitrogens with zero attached hydrogens (tertiary/aromatic N) is 8. The molecule has 337 valence electrons. The van der Waals surface area contributed by atoms with Crippen LogP contribution in [0, 0.1) is 34.6 Å². The van der Waals surface area contributed by atoms with Gasteiger partial charge in [0.2, 0.25) is 5.91 Å². The summed E-state index contributed by atoms with van der Waals surface area (Å²) < 4.78 is 24.3. The van der Waals surface area contributed by atoms with Gasteiger partial charge in [0.1, 0.15) is 51.8 Å². The number of hydrogen-bond acceptors (Lipinski definition) is 15. The zero-order valence-electron chi connectivity index (χ0n) is 38.0. The van der Waals surface area contributed by atoms with E-state index < -0.39 is 5.54 Å². The second kappa shape index (κ2) is 18.4. The number of benzene rings is 3. The number of thiol groups is 1. The van der Waals surface area contributed by atoms with Gasteiger partial charge in [-0.2, -0.15) is 0 Å². The minimum absolute atomic E-state index is 0. The summed E-state index contributed by atoms with van der Waals surface area (Å²) in [5.74, 6) is 6.48. The molecular weight excluding hydrogens is 873 g/mol. The maximum Gasteiger partial charge on any atom is 0 e. The minimum atomic E-state index is -0.448. The van der Waals surface area contributed by atoms with Gasteiger partial charge in [-0.05, 0) is 111 Å². The van der Waals surface area contributed by atoms with E-state index in [1.54, 1.807) is 21.3 Å². The first kappa shape index (κ1) is 47.4. The molecule has 2 aromatic heterocycles. The number of hydrazine groups is 1. The first-order valence-corrected chi connectivity index (χ1v) is 20.9. The van der Waals surface area contributed by atoms with Crippen molar-refractivity contribution in [3.05, 3.63) is 74.8 Å². The van der Waals surface area contributed by atoms with Gasteiger partial charge in [-0.1, -0.05) is 28.1 Å². The molecule has 3 aliphatic heterocycles. The molecule has 3 aromatic carbocycles. The van der Waals surface area contributed by atoms with E-state index in [1.807, 2.05) is 58.9 Å². The Hall–Kier alpha value is -5.63. The van der Waals surface area contributed by atoms with Gasteiger partial charge in [0.15, 0.2) is 11.6 Å². The molecule has 0 unspecified atom stereocenters. The number of rotatable bonds is 3. The van der Waals surface area contributed by atoms with Crippen LogP contribution in [-0.2, 0) is 15.9 Å². The minimum Gasteiger partial charge on any atom is 0 e. The molecule has 0 aliphatic carbocycles. The van der Waals surface area contributed by atoms with Gasteiger partial charge in [0.25, 0.3) is 0 Å². The Morgan fingerprint density at radius 2 is 1.19 bits per heavy atom. The summed E-state index contributed by atoms with van der Waals surface area (Å²) in [7, 11) is 9.34. The Morgan fingerprint density at radius 1 is 0.742 bits per heavy atom. The summed E-state index contributed by atoms with van der Waals surface area (Å²) in [5.41, 5.74) is 13.5. The predicted molar refractivity (Wildman–Crippen MR) is 261 cm³/mol. The van der Waals surface area contributed by atoms with Gasteiger partial charge in [-0.15, -0.1) is 20.4 Å². The molecule has 5 heterocycles. The van der Waals surface area contributed by atoms with Crippen molar-refractivity contribution < 1.29 is 24.7 Å². The number of nitrogens with one attached hydrogen (secondary N) is 5. The van der Waals surface area contributed by atoms with Gasteiger partial charge in [-0.3, -0.25) is 24.8 Å². The maximum absolute atomic E-state index is 11.0. The quantitative estimate of drug-likeness (QED) is 0.0573. The van der Waals surface area contributed by atoms with Crippen LogP contribution >= 0.6 is 28.7 Å². The summed E-state index contributed by atoms with van der Waals surface area (Å²) in [6.07, 6.45) is 0. The summed E-state index contributed by atoms with van der Waals surface area (Å²) >= 11 is 6.79. The van der Waals surface area contributed by atoms with E-state index in [4.69, 9.17) is 14.2 Å². The third-order valence-corrected chi connectivity index (χ3v) is 11.3. The maximum atomic E-state index is 11.0. The normalized spacial score (nSPS) is 14.9. The largest absolute Gasteiger partial charge is 0 e. The number of methoxy groups -OCH3 is 3. The van der Waals surface area contributed by atoms with Crippen LogP contribution in [-0.4, -0.2) is 75.8 Å². The second-order valence-electron chi connectivity index (χ2n) is 16.5. The van der Waals surface area contributed by atoms with Gasteiger partial charge in [0.05, 0.1) is 55.0 Å². The van der Waals surface area contributed by atoms with Crippen LogP contribution in [0.2, 0.25) is 0 Å². The average molecular weight is 938 g/mol. The number of carbonyl (C=O) groups excluding carboxylic acids is 1. The van der Waals surface area contributed by atoms with Gasteiger partial charge in [-0.25, -0.2) is 4.99 Å². The molecule has 0 fully saturated rings. The van der Waals surface area contributed by atoms with Crippen molar-refractivity contribution in [3.63, 3.8) is 0 Å². The van der Waals surface area contributed by atoms with Crippen molar-refractivity contribution in [2.75, 3.05) is 37.3 Å². The summed E-state index contributed by atoms with van der Waals surface area (Å²) in [6.45, 7) is 23.9. The molecule has 0 saturated heterocycles. The number of amidine groups is 1. The van der Waals surface area contributed by atoms with Crippen molar-refractivity contribution in [1.29, 1.82) is 0 Å². The first-order chi connectivity index (χ1) is 29.1. The van der Waals surface area contributed by atoms with Gasteiger partial charge >= 0.3 is 24.8 Å². The molecule has 62 heavy (non-hydrogen) atoms. The van der Waals surface area contributed by atoms with Gasteiger partial charge in [0, 0.05) is 17.1 Å². The number of hydrogen-bond donors (Lipinski definition) is 6. The third-order valence-electron chi connectivity index (χ3n) is 10.5. The Balaban J connectivity index is 0.000000466. The fraction of sp³-hybridized carbons (Fsp3) is 0.429. The van der Waals surface area contributed by atoms with E-state index in [0.29, 0.717) is 5.84 Å². The number of fused-ring (bicyclic) bond motifs is 7. The van der Waals surface area contributed by atoms with E-state index >= 15 is 0 Å². The fourth-order valence-corrected chi connectivity index (χ4v) is 7.80. The van der Waals surface area contributed by atoms with E-state index in [0.717, 1.165) is 90.3 Å². The molecule has 3 aliphatic rings. The Kier molecular flexibility index (Phi) is 14.1. The Bertz CT molecular complexity index is 2570. The zero-order valence-corrected chi connectivity index (χ0v) is 40.5. The van der Waals surface area contributed by atoms with E-state index in [9.17, 15) is 4.79 Å². The van der Waals surface area contributed by atoms with Gasteiger partial charge < -0.3 is 30.2 Å². The van der Waals surface area contributed by atoms with Crippen LogP contribution in [0.4, 0.5) is 22.7 Å². The molecule has 0 saturated carbocycles. The van der Waals surface area contributed by atoms with Crippen molar-refractivity contribution in [3.8, 4) is 28.6 Å². The number of aromatic nitrogens is 6. The Morgan fingerprint density at radius 3 is 1.69 bits per heavy atom. The van der Waals surface area contributed by atoms with Crippen LogP contribution in [0.5, 0.6) is 17.2 Å². The van der Waals surface area contributed by atoms with Crippen LogP contribution in [0.15, 0.2) is 44.1 Å². The second-order valence-corrected chi connectivity index (χ2v) is 17.6. The number of aryl methyl sites for hydroxylation is 4. The number of anilines is 3. The van der Waals surface area contributed by atoms with Crippen molar-refractivity contribution in [1.82, 2.24) is 40.4 Å². The van der Waals surface area contributed by atoms with Crippen LogP contribution in [0.3, 0.4) is 0 Å². The molecule has 8 rings (SSSR count). The molecule has 0 spiro atoms. The SMILES string of the molecule is COc1cc(Br)c(C)c2c1NC(C)(C)c1nnc(C)n1-2.COc1ccc(C)c2c1NC(C)(C)C(NNC(C)=O)=N2.COc1ccc(C)c2c1NC(C)(C)c1nnc(C)n1-2.[B]=NS.[HH].[HH].[HH].[HH]. The average Bonchev–Trinajstić information content (AvgIpc) is 3.80.